The summed E-state index contributed by atoms with van der Waals surface area (Å²) in [6.07, 6.45) is 4.66. The van der Waals surface area contributed by atoms with E-state index in [1.807, 2.05) is 49.5 Å². The van der Waals surface area contributed by atoms with Crippen molar-refractivity contribution in [2.75, 3.05) is 0 Å². The van der Waals surface area contributed by atoms with Gasteiger partial charge in [-0.1, -0.05) is 37.6 Å². The number of carbonyl (C=O) groups excluding carboxylic acids is 1. The summed E-state index contributed by atoms with van der Waals surface area (Å²) in [4.78, 5) is 17.2. The molecule has 0 aliphatic rings. The molecule has 0 bridgehead atoms. The summed E-state index contributed by atoms with van der Waals surface area (Å²) in [5.41, 5.74) is 12.7. The summed E-state index contributed by atoms with van der Waals surface area (Å²) in [6, 6.07) is 13.5. The molecule has 0 radical (unpaired) electrons. The molecule has 0 fully saturated rings. The average Bonchev–Trinajstić information content (AvgIpc) is 2.71. The molecular formula is C25H28ClN3O. The van der Waals surface area contributed by atoms with Gasteiger partial charge in [0.2, 0.25) is 0 Å². The first-order valence-electron chi connectivity index (χ1n) is 10.2. The zero-order chi connectivity index (χ0) is 21.7. The number of rotatable bonds is 7. The van der Waals surface area contributed by atoms with E-state index in [1.165, 1.54) is 5.56 Å². The smallest absolute Gasteiger partial charge is 0.251 e. The topological polar surface area (TPSA) is 68.0 Å². The van der Waals surface area contributed by atoms with Gasteiger partial charge in [0.15, 0.2) is 0 Å². The van der Waals surface area contributed by atoms with Gasteiger partial charge in [0, 0.05) is 36.1 Å². The number of nitrogens with two attached hydrogens (primary N) is 1. The number of benzene rings is 2. The standard InChI is InChI=1S/C25H28ClN3O/c1-16(2)8-22-14-28-7-6-24(22)19-9-17(3)10-20(11-19)25(30)29-15-21-12-23(26)5-4-18(21)13-27/h4-7,9-12,14,16H,8,13,15,27H2,1-3H3,(H,29,30). The fourth-order valence-corrected chi connectivity index (χ4v) is 3.81. The Balaban J connectivity index is 1.86. The Bertz CT molecular complexity index is 1050. The predicted octanol–water partition coefficient (Wildman–Crippen LogP) is 5.30. The van der Waals surface area contributed by atoms with Crippen LogP contribution in [0.4, 0.5) is 0 Å². The van der Waals surface area contributed by atoms with E-state index in [4.69, 9.17) is 17.3 Å². The maximum absolute atomic E-state index is 12.9. The van der Waals surface area contributed by atoms with Crippen LogP contribution in [0.5, 0.6) is 0 Å². The van der Waals surface area contributed by atoms with Crippen LogP contribution in [0.2, 0.25) is 5.02 Å². The fourth-order valence-electron chi connectivity index (χ4n) is 3.62. The van der Waals surface area contributed by atoms with Crippen LogP contribution in [-0.2, 0) is 19.5 Å². The highest BCUT2D eigenvalue weighted by Crippen LogP contribution is 2.27. The summed E-state index contributed by atoms with van der Waals surface area (Å²) >= 11 is 6.11. The molecular weight excluding hydrogens is 394 g/mol. The third kappa shape index (κ3) is 5.47. The predicted molar refractivity (Wildman–Crippen MR) is 123 cm³/mol. The van der Waals surface area contributed by atoms with Gasteiger partial charge in [-0.05, 0) is 83.0 Å². The Morgan fingerprint density at radius 2 is 1.90 bits per heavy atom. The van der Waals surface area contributed by atoms with E-state index >= 15 is 0 Å². The molecule has 0 aliphatic carbocycles. The first-order valence-corrected chi connectivity index (χ1v) is 10.6. The normalized spacial score (nSPS) is 11.0. The molecule has 0 saturated carbocycles. The van der Waals surface area contributed by atoms with Crippen LogP contribution >= 0.6 is 11.6 Å². The quantitative estimate of drug-likeness (QED) is 0.544. The molecule has 1 amide bonds. The Morgan fingerprint density at radius 1 is 1.10 bits per heavy atom. The lowest BCUT2D eigenvalue weighted by molar-refractivity contribution is 0.0951. The van der Waals surface area contributed by atoms with Gasteiger partial charge in [0.25, 0.3) is 5.91 Å². The van der Waals surface area contributed by atoms with Gasteiger partial charge in [-0.3, -0.25) is 9.78 Å². The lowest BCUT2D eigenvalue weighted by Gasteiger charge is -2.14. The van der Waals surface area contributed by atoms with Crippen LogP contribution in [0.1, 0.15) is 46.5 Å². The average molecular weight is 422 g/mol. The van der Waals surface area contributed by atoms with Crippen LogP contribution in [0, 0.1) is 12.8 Å². The van der Waals surface area contributed by atoms with Crippen molar-refractivity contribution in [3.8, 4) is 11.1 Å². The highest BCUT2D eigenvalue weighted by atomic mass is 35.5. The number of hydrogen-bond acceptors (Lipinski definition) is 3. The summed E-state index contributed by atoms with van der Waals surface area (Å²) in [5.74, 6) is 0.400. The molecule has 5 heteroatoms. The molecule has 2 aromatic carbocycles. The Hall–Kier alpha value is -2.69. The van der Waals surface area contributed by atoms with Crippen LogP contribution in [0.25, 0.3) is 11.1 Å². The van der Waals surface area contributed by atoms with Crippen molar-refractivity contribution in [1.29, 1.82) is 0 Å². The second-order valence-electron chi connectivity index (χ2n) is 8.02. The van der Waals surface area contributed by atoms with Gasteiger partial charge in [0.1, 0.15) is 0 Å². The molecule has 4 nitrogen and oxygen atoms in total. The Morgan fingerprint density at radius 3 is 2.63 bits per heavy atom. The maximum Gasteiger partial charge on any atom is 0.251 e. The highest BCUT2D eigenvalue weighted by Gasteiger charge is 2.13. The van der Waals surface area contributed by atoms with E-state index in [2.05, 4.69) is 30.2 Å². The number of pyridine rings is 1. The highest BCUT2D eigenvalue weighted by molar-refractivity contribution is 6.30. The molecule has 3 rings (SSSR count). The third-order valence-corrected chi connectivity index (χ3v) is 5.25. The molecule has 1 aromatic heterocycles. The van der Waals surface area contributed by atoms with Crippen molar-refractivity contribution >= 4 is 17.5 Å². The largest absolute Gasteiger partial charge is 0.348 e. The van der Waals surface area contributed by atoms with Gasteiger partial charge in [-0.2, -0.15) is 0 Å². The van der Waals surface area contributed by atoms with Gasteiger partial charge in [0.05, 0.1) is 0 Å². The van der Waals surface area contributed by atoms with Crippen molar-refractivity contribution in [2.45, 2.75) is 40.3 Å². The lowest BCUT2D eigenvalue weighted by atomic mass is 9.93. The molecule has 0 unspecified atom stereocenters. The molecule has 0 spiro atoms. The molecule has 0 saturated heterocycles. The van der Waals surface area contributed by atoms with Crippen molar-refractivity contribution in [3.05, 3.63) is 87.7 Å². The number of hydrogen-bond donors (Lipinski definition) is 2. The van der Waals surface area contributed by atoms with Crippen molar-refractivity contribution in [1.82, 2.24) is 10.3 Å². The minimum Gasteiger partial charge on any atom is -0.348 e. The molecule has 0 aliphatic heterocycles. The molecule has 0 atom stereocenters. The van der Waals surface area contributed by atoms with Crippen LogP contribution < -0.4 is 11.1 Å². The van der Waals surface area contributed by atoms with E-state index in [-0.39, 0.29) is 5.91 Å². The number of nitrogens with zero attached hydrogens (tertiary/aromatic N) is 1. The molecule has 3 N–H and O–H groups in total. The van der Waals surface area contributed by atoms with E-state index in [1.54, 1.807) is 6.20 Å². The second kappa shape index (κ2) is 9.88. The van der Waals surface area contributed by atoms with E-state index in [0.717, 1.165) is 34.2 Å². The summed E-state index contributed by atoms with van der Waals surface area (Å²) in [7, 11) is 0. The van der Waals surface area contributed by atoms with Crippen molar-refractivity contribution < 1.29 is 4.79 Å². The van der Waals surface area contributed by atoms with Gasteiger partial charge >= 0.3 is 0 Å². The zero-order valence-corrected chi connectivity index (χ0v) is 18.5. The van der Waals surface area contributed by atoms with Gasteiger partial charge in [-0.25, -0.2) is 0 Å². The van der Waals surface area contributed by atoms with Crippen LogP contribution in [-0.4, -0.2) is 10.9 Å². The monoisotopic (exact) mass is 421 g/mol. The number of halogens is 1. The first kappa shape index (κ1) is 22.0. The van der Waals surface area contributed by atoms with Gasteiger partial charge < -0.3 is 11.1 Å². The first-order chi connectivity index (χ1) is 14.4. The maximum atomic E-state index is 12.9. The fraction of sp³-hybridized carbons (Fsp3) is 0.280. The SMILES string of the molecule is Cc1cc(C(=O)NCc2cc(Cl)ccc2CN)cc(-c2ccncc2CC(C)C)c1. The Kier molecular flexibility index (Phi) is 7.24. The van der Waals surface area contributed by atoms with Crippen molar-refractivity contribution in [3.63, 3.8) is 0 Å². The zero-order valence-electron chi connectivity index (χ0n) is 17.7. The summed E-state index contributed by atoms with van der Waals surface area (Å²) in [6.45, 7) is 7.17. The minimum atomic E-state index is -0.123. The molecule has 156 valence electrons. The lowest BCUT2D eigenvalue weighted by Crippen LogP contribution is -2.24. The number of aryl methyl sites for hydroxylation is 1. The van der Waals surface area contributed by atoms with Crippen LogP contribution in [0.15, 0.2) is 54.9 Å². The van der Waals surface area contributed by atoms with E-state index in [9.17, 15) is 4.79 Å². The van der Waals surface area contributed by atoms with Gasteiger partial charge in [-0.15, -0.1) is 0 Å². The number of nitrogens with one attached hydrogen (secondary N) is 1. The summed E-state index contributed by atoms with van der Waals surface area (Å²) < 4.78 is 0. The number of carbonyl (C=O) groups is 1. The van der Waals surface area contributed by atoms with E-state index in [0.29, 0.717) is 29.6 Å². The number of amides is 1. The third-order valence-electron chi connectivity index (χ3n) is 5.01. The van der Waals surface area contributed by atoms with Crippen molar-refractivity contribution in [2.24, 2.45) is 11.7 Å². The number of aromatic nitrogens is 1. The second-order valence-corrected chi connectivity index (χ2v) is 8.45. The molecule has 3 aromatic rings. The van der Waals surface area contributed by atoms with E-state index < -0.39 is 0 Å². The summed E-state index contributed by atoms with van der Waals surface area (Å²) in [5, 5.41) is 3.63. The molecule has 1 heterocycles. The van der Waals surface area contributed by atoms with Crippen LogP contribution in [0.3, 0.4) is 0 Å². The Labute approximate surface area is 183 Å². The molecule has 30 heavy (non-hydrogen) atoms. The minimum absolute atomic E-state index is 0.123.